The molecule has 0 bridgehead atoms. The van der Waals surface area contributed by atoms with Crippen LogP contribution in [0.1, 0.15) is 22.5 Å². The molecule has 1 spiro atoms. The van der Waals surface area contributed by atoms with Crippen molar-refractivity contribution < 1.29 is 0 Å². The lowest BCUT2D eigenvalue weighted by atomic mass is 9.72. The molecule has 44 heavy (non-hydrogen) atoms. The summed E-state index contributed by atoms with van der Waals surface area (Å²) in [5.41, 5.74) is 11.9. The average Bonchev–Trinajstić information content (AvgIpc) is 3.71. The molecule has 2 aromatic heterocycles. The van der Waals surface area contributed by atoms with E-state index >= 15 is 0 Å². The van der Waals surface area contributed by atoms with E-state index in [9.17, 15) is 0 Å². The van der Waals surface area contributed by atoms with Gasteiger partial charge in [-0.1, -0.05) is 122 Å². The molecular formula is C40H26N4. The highest BCUT2D eigenvalue weighted by atomic mass is 15.1. The summed E-state index contributed by atoms with van der Waals surface area (Å²) in [7, 11) is 0. The van der Waals surface area contributed by atoms with E-state index in [1.807, 2.05) is 30.4 Å². The average molecular weight is 563 g/mol. The van der Waals surface area contributed by atoms with E-state index in [0.29, 0.717) is 5.82 Å². The van der Waals surface area contributed by atoms with Crippen molar-refractivity contribution in [2.75, 3.05) is 0 Å². The van der Waals surface area contributed by atoms with Crippen LogP contribution in [-0.2, 0) is 5.41 Å². The fraction of sp³-hybridized carbons (Fsp3) is 0.0250. The van der Waals surface area contributed by atoms with E-state index in [1.165, 1.54) is 16.7 Å². The second-order valence-electron chi connectivity index (χ2n) is 11.3. The third kappa shape index (κ3) is 3.04. The highest BCUT2D eigenvalue weighted by Gasteiger charge is 2.54. The largest absolute Gasteiger partial charge is 0.294 e. The Morgan fingerprint density at radius 2 is 1.30 bits per heavy atom. The summed E-state index contributed by atoms with van der Waals surface area (Å²) in [6.07, 6.45) is 3.94. The molecule has 4 nitrogen and oxygen atoms in total. The number of benzene rings is 5. The van der Waals surface area contributed by atoms with Crippen molar-refractivity contribution in [3.63, 3.8) is 0 Å². The zero-order chi connectivity index (χ0) is 29.4. The van der Waals surface area contributed by atoms with Gasteiger partial charge >= 0.3 is 0 Å². The van der Waals surface area contributed by atoms with Gasteiger partial charge in [-0.3, -0.25) is 4.57 Å². The Morgan fingerprint density at radius 1 is 0.591 bits per heavy atom. The number of allylic oxidation sites excluding steroid dienone is 4. The Balaban J connectivity index is 1.40. The highest BCUT2D eigenvalue weighted by Crippen LogP contribution is 2.60. The highest BCUT2D eigenvalue weighted by molar-refractivity contribution is 6.00. The van der Waals surface area contributed by atoms with Gasteiger partial charge in [-0.05, 0) is 52.1 Å². The lowest BCUT2D eigenvalue weighted by Gasteiger charge is -2.28. The monoisotopic (exact) mass is 562 g/mol. The summed E-state index contributed by atoms with van der Waals surface area (Å²) < 4.78 is 2.33. The number of hydrogen-bond donors (Lipinski definition) is 0. The second kappa shape index (κ2) is 9.06. The van der Waals surface area contributed by atoms with Crippen molar-refractivity contribution >= 4 is 27.5 Å². The molecule has 206 valence electrons. The first-order valence-electron chi connectivity index (χ1n) is 14.8. The Bertz CT molecular complexity index is 2380. The predicted octanol–water partition coefficient (Wildman–Crippen LogP) is 9.09. The van der Waals surface area contributed by atoms with Crippen molar-refractivity contribution in [2.45, 2.75) is 5.41 Å². The second-order valence-corrected chi connectivity index (χ2v) is 11.3. The van der Waals surface area contributed by atoms with Crippen LogP contribution < -0.4 is 0 Å². The van der Waals surface area contributed by atoms with E-state index in [-0.39, 0.29) is 0 Å². The summed E-state index contributed by atoms with van der Waals surface area (Å²) in [6.45, 7) is 8.52. The molecule has 3 heterocycles. The minimum absolute atomic E-state index is 0.617. The van der Waals surface area contributed by atoms with Crippen molar-refractivity contribution in [1.82, 2.24) is 19.5 Å². The molecular weight excluding hydrogens is 536 g/mol. The quantitative estimate of drug-likeness (QED) is 0.215. The minimum Gasteiger partial charge on any atom is -0.294 e. The van der Waals surface area contributed by atoms with Crippen LogP contribution in [0.25, 0.3) is 55.8 Å². The van der Waals surface area contributed by atoms with Gasteiger partial charge in [-0.25, -0.2) is 15.0 Å². The van der Waals surface area contributed by atoms with Crippen LogP contribution >= 0.6 is 0 Å². The predicted molar refractivity (Wildman–Crippen MR) is 179 cm³/mol. The first-order chi connectivity index (χ1) is 21.8. The van der Waals surface area contributed by atoms with E-state index in [0.717, 1.165) is 61.4 Å². The van der Waals surface area contributed by atoms with E-state index in [4.69, 9.17) is 15.0 Å². The standard InChI is InChI=1S/C40H26N4/c1-3-26-27-17-8-10-20-31(27)40(30(26)4-2)32-21-11-13-24-35(32)44-37-29(19-14-23-34(37)42-39(40)44)38-41-33-22-12-9-18-28(33)36(43-38)25-15-6-5-7-16-25/h3-24H,1-2H2. The van der Waals surface area contributed by atoms with E-state index in [1.54, 1.807) is 0 Å². The Hall–Kier alpha value is -5.87. The van der Waals surface area contributed by atoms with Crippen LogP contribution in [0.4, 0.5) is 0 Å². The normalized spacial score (nSPS) is 16.4. The molecule has 1 unspecified atom stereocenters. The molecule has 0 radical (unpaired) electrons. The van der Waals surface area contributed by atoms with Gasteiger partial charge in [0.2, 0.25) is 0 Å². The van der Waals surface area contributed by atoms with Gasteiger partial charge in [0.25, 0.3) is 0 Å². The molecule has 0 N–H and O–H groups in total. The summed E-state index contributed by atoms with van der Waals surface area (Å²) in [4.78, 5) is 15.8. The zero-order valence-electron chi connectivity index (χ0n) is 23.9. The fourth-order valence-electron chi connectivity index (χ4n) is 7.46. The minimum atomic E-state index is -0.617. The van der Waals surface area contributed by atoms with Gasteiger partial charge in [0.15, 0.2) is 5.82 Å². The van der Waals surface area contributed by atoms with Gasteiger partial charge in [-0.15, -0.1) is 0 Å². The maximum Gasteiger partial charge on any atom is 0.162 e. The number of para-hydroxylation sites is 3. The number of nitrogens with zero attached hydrogens (tertiary/aromatic N) is 4. The smallest absolute Gasteiger partial charge is 0.162 e. The lowest BCUT2D eigenvalue weighted by Crippen LogP contribution is -2.27. The molecule has 9 rings (SSSR count). The molecule has 7 aromatic rings. The van der Waals surface area contributed by atoms with Crippen LogP contribution in [0.5, 0.6) is 0 Å². The van der Waals surface area contributed by atoms with E-state index in [2.05, 4.69) is 121 Å². The SMILES string of the molecule is C=CC1=C(C=C)C2(c3ccccc31)c1ccccc1-n1c2nc2cccc(-c3nc(-c4ccccc4)c4ccccc4n3)c21. The summed E-state index contributed by atoms with van der Waals surface area (Å²) in [6, 6.07) is 42.1. The molecule has 0 fully saturated rings. The molecule has 0 saturated carbocycles. The molecule has 0 saturated heterocycles. The number of aromatic nitrogens is 4. The number of hydrogen-bond acceptors (Lipinski definition) is 3. The summed E-state index contributed by atoms with van der Waals surface area (Å²) >= 11 is 0. The summed E-state index contributed by atoms with van der Waals surface area (Å²) in [5, 5.41) is 1.03. The zero-order valence-corrected chi connectivity index (χ0v) is 23.9. The Morgan fingerprint density at radius 3 is 2.14 bits per heavy atom. The van der Waals surface area contributed by atoms with E-state index < -0.39 is 5.41 Å². The molecule has 1 aliphatic heterocycles. The Kier molecular flexibility index (Phi) is 5.09. The third-order valence-electron chi connectivity index (χ3n) is 9.18. The first kappa shape index (κ1) is 24.7. The number of imidazole rings is 1. The van der Waals surface area contributed by atoms with Crippen LogP contribution in [0.3, 0.4) is 0 Å². The third-order valence-corrected chi connectivity index (χ3v) is 9.18. The topological polar surface area (TPSA) is 43.6 Å². The van der Waals surface area contributed by atoms with Gasteiger partial charge in [-0.2, -0.15) is 0 Å². The van der Waals surface area contributed by atoms with Gasteiger partial charge in [0.05, 0.1) is 27.9 Å². The first-order valence-corrected chi connectivity index (χ1v) is 14.8. The van der Waals surface area contributed by atoms with Crippen molar-refractivity contribution in [1.29, 1.82) is 0 Å². The number of fused-ring (bicyclic) bond motifs is 10. The lowest BCUT2D eigenvalue weighted by molar-refractivity contribution is 0.732. The van der Waals surface area contributed by atoms with Gasteiger partial charge < -0.3 is 0 Å². The number of rotatable bonds is 4. The molecule has 2 aliphatic rings. The molecule has 4 heteroatoms. The van der Waals surface area contributed by atoms with Gasteiger partial charge in [0, 0.05) is 16.5 Å². The van der Waals surface area contributed by atoms with Crippen molar-refractivity contribution in [3.8, 4) is 28.3 Å². The molecule has 0 amide bonds. The Labute approximate surface area is 255 Å². The molecule has 5 aromatic carbocycles. The summed E-state index contributed by atoms with van der Waals surface area (Å²) in [5.74, 6) is 1.62. The van der Waals surface area contributed by atoms with Gasteiger partial charge in [0.1, 0.15) is 11.2 Å². The van der Waals surface area contributed by atoms with Crippen LogP contribution in [0.2, 0.25) is 0 Å². The van der Waals surface area contributed by atoms with Crippen LogP contribution in [0, 0.1) is 0 Å². The van der Waals surface area contributed by atoms with Crippen molar-refractivity contribution in [2.24, 2.45) is 0 Å². The van der Waals surface area contributed by atoms with Crippen molar-refractivity contribution in [3.05, 3.63) is 175 Å². The maximum absolute atomic E-state index is 5.43. The molecule has 1 aliphatic carbocycles. The fourth-order valence-corrected chi connectivity index (χ4v) is 7.46. The van der Waals surface area contributed by atoms with Crippen LogP contribution in [0.15, 0.2) is 152 Å². The molecule has 1 atom stereocenters. The maximum atomic E-state index is 5.43. The van der Waals surface area contributed by atoms with Crippen LogP contribution in [-0.4, -0.2) is 19.5 Å².